The van der Waals surface area contributed by atoms with Crippen LogP contribution in [0.2, 0.25) is 0 Å². The van der Waals surface area contributed by atoms with E-state index in [4.69, 9.17) is 14.6 Å². The van der Waals surface area contributed by atoms with E-state index in [1.807, 2.05) is 69.3 Å². The lowest BCUT2D eigenvalue weighted by Gasteiger charge is -2.24. The Bertz CT molecular complexity index is 1380. The molecule has 0 saturated heterocycles. The van der Waals surface area contributed by atoms with Gasteiger partial charge in [-0.25, -0.2) is 4.98 Å². The van der Waals surface area contributed by atoms with Gasteiger partial charge in [0.15, 0.2) is 0 Å². The quantitative estimate of drug-likeness (QED) is 0.448. The van der Waals surface area contributed by atoms with Crippen LogP contribution < -0.4 is 14.8 Å². The standard InChI is InChI=1S/C26H26N6O3/c1-15(2)35-20-7-5-6-18(12-20)21-13-23(33)29-25-24(21)16(3)31-32(25)26-28-22(14-27-30-26)17-8-10-19(34-4)11-9-17/h5-12,14-15,21H,13H2,1-4H3,(H,29,33)/t21-/m0/s1. The molecular formula is C26H26N6O3. The monoisotopic (exact) mass is 470 g/mol. The zero-order chi connectivity index (χ0) is 24.5. The number of benzene rings is 2. The summed E-state index contributed by atoms with van der Waals surface area (Å²) in [5.41, 5.74) is 4.22. The fourth-order valence-corrected chi connectivity index (χ4v) is 4.34. The first-order valence-corrected chi connectivity index (χ1v) is 11.4. The van der Waals surface area contributed by atoms with Crippen molar-refractivity contribution in [2.24, 2.45) is 0 Å². The van der Waals surface area contributed by atoms with Crippen molar-refractivity contribution >= 4 is 11.7 Å². The number of amides is 1. The minimum absolute atomic E-state index is 0.0579. The second-order valence-electron chi connectivity index (χ2n) is 8.67. The minimum atomic E-state index is -0.166. The van der Waals surface area contributed by atoms with Crippen LogP contribution in [0.25, 0.3) is 17.2 Å². The molecule has 1 amide bonds. The molecule has 1 N–H and O–H groups in total. The summed E-state index contributed by atoms with van der Waals surface area (Å²) in [4.78, 5) is 17.4. The molecule has 9 heteroatoms. The Morgan fingerprint density at radius 3 is 2.66 bits per heavy atom. The molecule has 0 bridgehead atoms. The van der Waals surface area contributed by atoms with Gasteiger partial charge in [0.25, 0.3) is 5.95 Å². The average molecular weight is 471 g/mol. The molecule has 0 fully saturated rings. The minimum Gasteiger partial charge on any atom is -0.497 e. The molecule has 0 unspecified atom stereocenters. The van der Waals surface area contributed by atoms with E-state index < -0.39 is 0 Å². The smallest absolute Gasteiger partial charge is 0.272 e. The van der Waals surface area contributed by atoms with Gasteiger partial charge in [0, 0.05) is 23.5 Å². The van der Waals surface area contributed by atoms with Crippen LogP contribution in [0.4, 0.5) is 5.82 Å². The molecule has 9 nitrogen and oxygen atoms in total. The first-order chi connectivity index (χ1) is 16.9. The molecule has 1 aliphatic heterocycles. The highest BCUT2D eigenvalue weighted by molar-refractivity contribution is 5.95. The Kier molecular flexibility index (Phi) is 5.90. The third kappa shape index (κ3) is 4.44. The summed E-state index contributed by atoms with van der Waals surface area (Å²) < 4.78 is 12.7. The number of hydrogen-bond donors (Lipinski definition) is 1. The molecule has 1 aliphatic rings. The molecule has 0 spiro atoms. The first kappa shape index (κ1) is 22.5. The summed E-state index contributed by atoms with van der Waals surface area (Å²) in [6.07, 6.45) is 1.97. The lowest BCUT2D eigenvalue weighted by Crippen LogP contribution is -2.25. The zero-order valence-electron chi connectivity index (χ0n) is 20.0. The predicted molar refractivity (Wildman–Crippen MR) is 131 cm³/mol. The number of aromatic nitrogens is 5. The number of aryl methyl sites for hydroxylation is 1. The number of anilines is 1. The fourth-order valence-electron chi connectivity index (χ4n) is 4.34. The number of nitrogens with zero attached hydrogens (tertiary/aromatic N) is 5. The van der Waals surface area contributed by atoms with E-state index in [2.05, 4.69) is 20.5 Å². The lowest BCUT2D eigenvalue weighted by molar-refractivity contribution is -0.116. The number of ether oxygens (including phenoxy) is 2. The molecule has 3 heterocycles. The molecule has 1 atom stereocenters. The SMILES string of the molecule is COc1ccc(-c2cnnc(-n3nc(C)c4c3NC(=O)C[C@H]4c3cccc(OC(C)C)c3)n2)cc1. The highest BCUT2D eigenvalue weighted by Gasteiger charge is 2.33. The molecule has 0 saturated carbocycles. The van der Waals surface area contributed by atoms with Crippen LogP contribution in [0, 0.1) is 6.92 Å². The van der Waals surface area contributed by atoms with Crippen LogP contribution in [-0.4, -0.2) is 44.1 Å². The second kappa shape index (κ2) is 9.17. The largest absolute Gasteiger partial charge is 0.497 e. The Morgan fingerprint density at radius 1 is 1.11 bits per heavy atom. The summed E-state index contributed by atoms with van der Waals surface area (Å²) in [6.45, 7) is 5.90. The molecule has 0 radical (unpaired) electrons. The van der Waals surface area contributed by atoms with Crippen molar-refractivity contribution in [2.45, 2.75) is 39.2 Å². The number of hydrogen-bond acceptors (Lipinski definition) is 7. The summed E-state index contributed by atoms with van der Waals surface area (Å²) >= 11 is 0. The Hall–Kier alpha value is -4.27. The maximum absolute atomic E-state index is 12.8. The molecule has 5 rings (SSSR count). The van der Waals surface area contributed by atoms with Crippen LogP contribution in [0.1, 0.15) is 43.0 Å². The summed E-state index contributed by atoms with van der Waals surface area (Å²) in [7, 11) is 1.62. The number of carbonyl (C=O) groups excluding carboxylic acids is 1. The molecule has 2 aromatic carbocycles. The van der Waals surface area contributed by atoms with Gasteiger partial charge in [-0.1, -0.05) is 12.1 Å². The van der Waals surface area contributed by atoms with Gasteiger partial charge in [-0.3, -0.25) is 4.79 Å². The first-order valence-electron chi connectivity index (χ1n) is 11.4. The van der Waals surface area contributed by atoms with Crippen LogP contribution in [0.5, 0.6) is 11.5 Å². The topological polar surface area (TPSA) is 104 Å². The Balaban J connectivity index is 1.55. The van der Waals surface area contributed by atoms with E-state index in [0.717, 1.165) is 33.9 Å². The zero-order valence-corrected chi connectivity index (χ0v) is 20.0. The number of nitrogens with one attached hydrogen (secondary N) is 1. The summed E-state index contributed by atoms with van der Waals surface area (Å²) in [5, 5.41) is 16.0. The van der Waals surface area contributed by atoms with Crippen molar-refractivity contribution in [1.29, 1.82) is 0 Å². The Morgan fingerprint density at radius 2 is 1.91 bits per heavy atom. The third-order valence-electron chi connectivity index (χ3n) is 5.86. The maximum Gasteiger partial charge on any atom is 0.272 e. The van der Waals surface area contributed by atoms with E-state index in [1.165, 1.54) is 0 Å². The normalized spacial score (nSPS) is 15.0. The molecular weight excluding hydrogens is 444 g/mol. The van der Waals surface area contributed by atoms with Crippen molar-refractivity contribution in [2.75, 3.05) is 12.4 Å². The fraction of sp³-hybridized carbons (Fsp3) is 0.269. The summed E-state index contributed by atoms with van der Waals surface area (Å²) in [5.74, 6) is 2.10. The van der Waals surface area contributed by atoms with E-state index in [-0.39, 0.29) is 23.9 Å². The third-order valence-corrected chi connectivity index (χ3v) is 5.86. The number of fused-ring (bicyclic) bond motifs is 1. The van der Waals surface area contributed by atoms with Gasteiger partial charge < -0.3 is 14.8 Å². The highest BCUT2D eigenvalue weighted by Crippen LogP contribution is 2.40. The molecule has 35 heavy (non-hydrogen) atoms. The van der Waals surface area contributed by atoms with Gasteiger partial charge in [0.05, 0.1) is 30.8 Å². The lowest BCUT2D eigenvalue weighted by atomic mass is 9.86. The molecule has 178 valence electrons. The van der Waals surface area contributed by atoms with Crippen LogP contribution >= 0.6 is 0 Å². The van der Waals surface area contributed by atoms with Crippen LogP contribution in [0.3, 0.4) is 0 Å². The molecule has 2 aromatic heterocycles. The molecule has 0 aliphatic carbocycles. The Labute approximate surface area is 203 Å². The van der Waals surface area contributed by atoms with Gasteiger partial charge in [-0.15, -0.1) is 5.10 Å². The second-order valence-corrected chi connectivity index (χ2v) is 8.67. The summed E-state index contributed by atoms with van der Waals surface area (Å²) in [6, 6.07) is 15.4. The van der Waals surface area contributed by atoms with Crippen LogP contribution in [-0.2, 0) is 4.79 Å². The molecule has 4 aromatic rings. The van der Waals surface area contributed by atoms with Gasteiger partial charge in [0.2, 0.25) is 5.91 Å². The van der Waals surface area contributed by atoms with Crippen molar-refractivity contribution in [1.82, 2.24) is 25.0 Å². The van der Waals surface area contributed by atoms with Crippen molar-refractivity contribution in [3.63, 3.8) is 0 Å². The van der Waals surface area contributed by atoms with Gasteiger partial charge in [0.1, 0.15) is 17.3 Å². The number of carbonyl (C=O) groups is 1. The van der Waals surface area contributed by atoms with E-state index in [0.29, 0.717) is 17.9 Å². The van der Waals surface area contributed by atoms with Gasteiger partial charge in [-0.2, -0.15) is 14.9 Å². The van der Waals surface area contributed by atoms with E-state index in [1.54, 1.807) is 18.0 Å². The van der Waals surface area contributed by atoms with Gasteiger partial charge >= 0.3 is 0 Å². The van der Waals surface area contributed by atoms with E-state index in [9.17, 15) is 4.79 Å². The maximum atomic E-state index is 12.8. The van der Waals surface area contributed by atoms with Crippen molar-refractivity contribution in [3.05, 3.63) is 71.5 Å². The van der Waals surface area contributed by atoms with Crippen LogP contribution in [0.15, 0.2) is 54.7 Å². The van der Waals surface area contributed by atoms with E-state index >= 15 is 0 Å². The van der Waals surface area contributed by atoms with Gasteiger partial charge in [-0.05, 0) is 62.7 Å². The number of rotatable bonds is 6. The predicted octanol–water partition coefficient (Wildman–Crippen LogP) is 4.30. The van der Waals surface area contributed by atoms with Crippen molar-refractivity contribution in [3.8, 4) is 28.7 Å². The van der Waals surface area contributed by atoms with Crippen molar-refractivity contribution < 1.29 is 14.3 Å². The average Bonchev–Trinajstić information content (AvgIpc) is 3.19. The number of methoxy groups -OCH3 is 1. The highest BCUT2D eigenvalue weighted by atomic mass is 16.5.